The number of benzene rings is 2. The van der Waals surface area contributed by atoms with Gasteiger partial charge in [-0.3, -0.25) is 9.59 Å². The van der Waals surface area contributed by atoms with Gasteiger partial charge in [0.15, 0.2) is 11.6 Å². The quantitative estimate of drug-likeness (QED) is 0.207. The zero-order valence-electron chi connectivity index (χ0n) is 20.5. The second kappa shape index (κ2) is 10.5. The summed E-state index contributed by atoms with van der Waals surface area (Å²) < 4.78 is 0. The molecule has 1 N–H and O–H groups in total. The fraction of sp³-hybridized carbons (Fsp3) is 0.188. The van der Waals surface area contributed by atoms with Gasteiger partial charge in [-0.15, -0.1) is 34.0 Å². The summed E-state index contributed by atoms with van der Waals surface area (Å²) in [5.74, 6) is -2.23. The van der Waals surface area contributed by atoms with Crippen LogP contribution in [-0.4, -0.2) is 16.7 Å². The summed E-state index contributed by atoms with van der Waals surface area (Å²) in [6.45, 7) is 0. The monoisotopic (exact) mass is 554 g/mol. The largest absolute Gasteiger partial charge is 0.384 e. The first-order valence-corrected chi connectivity index (χ1v) is 15.2. The Hall–Kier alpha value is -3.16. The number of carbonyl (C=O) groups excluding carboxylic acids is 2. The van der Waals surface area contributed by atoms with Crippen molar-refractivity contribution in [3.63, 3.8) is 0 Å². The molecule has 1 saturated carbocycles. The van der Waals surface area contributed by atoms with Gasteiger partial charge in [0.25, 0.3) is 0 Å². The first-order chi connectivity index (χ1) is 18.6. The van der Waals surface area contributed by atoms with Crippen molar-refractivity contribution in [2.24, 2.45) is 11.8 Å². The van der Waals surface area contributed by atoms with Gasteiger partial charge in [-0.1, -0.05) is 78.9 Å². The molecule has 0 aliphatic heterocycles. The van der Waals surface area contributed by atoms with Gasteiger partial charge < -0.3 is 5.11 Å². The van der Waals surface area contributed by atoms with Crippen molar-refractivity contribution in [2.75, 3.05) is 0 Å². The molecule has 0 saturated heterocycles. The molecule has 5 unspecified atom stereocenters. The number of hydrogen-bond donors (Lipinski definition) is 1. The molecular formula is C32H26O3S3. The summed E-state index contributed by atoms with van der Waals surface area (Å²) in [6, 6.07) is 31.1. The van der Waals surface area contributed by atoms with Crippen molar-refractivity contribution in [1.29, 1.82) is 0 Å². The summed E-state index contributed by atoms with van der Waals surface area (Å²) in [7, 11) is 0. The highest BCUT2D eigenvalue weighted by Crippen LogP contribution is 2.59. The van der Waals surface area contributed by atoms with E-state index in [1.54, 1.807) is 0 Å². The lowest BCUT2D eigenvalue weighted by Gasteiger charge is -2.50. The zero-order chi connectivity index (χ0) is 26.1. The van der Waals surface area contributed by atoms with Crippen LogP contribution in [0.25, 0.3) is 0 Å². The predicted molar refractivity (Wildman–Crippen MR) is 155 cm³/mol. The van der Waals surface area contributed by atoms with E-state index in [4.69, 9.17) is 0 Å². The van der Waals surface area contributed by atoms with Crippen LogP contribution in [0.2, 0.25) is 0 Å². The van der Waals surface area contributed by atoms with Gasteiger partial charge in [0.05, 0.1) is 15.7 Å². The van der Waals surface area contributed by atoms with Crippen LogP contribution in [0, 0.1) is 11.8 Å². The molecule has 0 amide bonds. The van der Waals surface area contributed by atoms with E-state index in [1.807, 2.05) is 113 Å². The Morgan fingerprint density at radius 1 is 0.658 bits per heavy atom. The fourth-order valence-electron chi connectivity index (χ4n) is 6.10. The molecule has 190 valence electrons. The lowest BCUT2D eigenvalue weighted by atomic mass is 9.54. The number of carbonyl (C=O) groups is 2. The van der Waals surface area contributed by atoms with Crippen LogP contribution >= 0.6 is 34.0 Å². The van der Waals surface area contributed by atoms with Crippen LogP contribution in [0.4, 0.5) is 0 Å². The highest BCUT2D eigenvalue weighted by Gasteiger charge is 2.59. The van der Waals surface area contributed by atoms with Crippen molar-refractivity contribution in [2.45, 2.75) is 23.9 Å². The van der Waals surface area contributed by atoms with Gasteiger partial charge in [-0.05, 0) is 57.8 Å². The molecule has 3 heterocycles. The third-order valence-corrected chi connectivity index (χ3v) is 10.5. The second-order valence-electron chi connectivity index (χ2n) is 9.75. The smallest absolute Gasteiger partial charge is 0.179 e. The lowest BCUT2D eigenvalue weighted by Crippen LogP contribution is -2.53. The molecule has 2 aromatic carbocycles. The minimum atomic E-state index is -1.44. The highest BCUT2D eigenvalue weighted by molar-refractivity contribution is 7.12. The summed E-state index contributed by atoms with van der Waals surface area (Å²) in [5, 5.41) is 18.5. The zero-order valence-corrected chi connectivity index (χ0v) is 22.9. The summed E-state index contributed by atoms with van der Waals surface area (Å²) in [6.07, 6.45) is 0.282. The predicted octanol–water partition coefficient (Wildman–Crippen LogP) is 8.03. The number of thiophene rings is 3. The minimum absolute atomic E-state index is 0.0277. The van der Waals surface area contributed by atoms with Crippen molar-refractivity contribution in [1.82, 2.24) is 0 Å². The molecule has 5 atom stereocenters. The Bertz CT molecular complexity index is 1490. The molecule has 6 rings (SSSR count). The first kappa shape index (κ1) is 25.1. The van der Waals surface area contributed by atoms with Gasteiger partial charge in [0.1, 0.15) is 5.60 Å². The van der Waals surface area contributed by atoms with Crippen LogP contribution < -0.4 is 0 Å². The van der Waals surface area contributed by atoms with Crippen molar-refractivity contribution in [3.8, 4) is 0 Å². The first-order valence-electron chi connectivity index (χ1n) is 12.6. The van der Waals surface area contributed by atoms with Crippen LogP contribution in [0.3, 0.4) is 0 Å². The molecule has 0 radical (unpaired) electrons. The Labute approximate surface area is 234 Å². The van der Waals surface area contributed by atoms with Crippen molar-refractivity contribution >= 4 is 45.6 Å². The van der Waals surface area contributed by atoms with Crippen molar-refractivity contribution < 1.29 is 14.7 Å². The van der Waals surface area contributed by atoms with Gasteiger partial charge in [0, 0.05) is 16.7 Å². The maximum atomic E-state index is 14.4. The van der Waals surface area contributed by atoms with E-state index in [0.717, 1.165) is 16.0 Å². The highest BCUT2D eigenvalue weighted by atomic mass is 32.1. The van der Waals surface area contributed by atoms with E-state index in [9.17, 15) is 14.7 Å². The minimum Gasteiger partial charge on any atom is -0.384 e. The maximum absolute atomic E-state index is 14.4. The number of rotatable bonds is 7. The lowest BCUT2D eigenvalue weighted by molar-refractivity contribution is -0.0662. The molecule has 1 aliphatic rings. The standard InChI is InChI=1S/C32H26O3S3/c33-30(24-14-7-17-36-24)28-23(21-10-3-1-4-11-21)20-32(35,26-16-9-19-38-26)29(31(34)25-15-8-18-37-25)27(28)22-12-5-2-6-13-22/h1-19,23,27-29,35H,20H2. The number of aliphatic hydroxyl groups is 1. The molecule has 5 aromatic rings. The Morgan fingerprint density at radius 2 is 1.21 bits per heavy atom. The third kappa shape index (κ3) is 4.41. The molecule has 0 bridgehead atoms. The average molecular weight is 555 g/mol. The van der Waals surface area contributed by atoms with Crippen molar-refractivity contribution in [3.05, 3.63) is 139 Å². The summed E-state index contributed by atoms with van der Waals surface area (Å²) in [5.41, 5.74) is 0.455. The van der Waals surface area contributed by atoms with Crippen LogP contribution in [0.15, 0.2) is 113 Å². The summed E-state index contributed by atoms with van der Waals surface area (Å²) in [4.78, 5) is 30.8. The second-order valence-corrected chi connectivity index (χ2v) is 12.6. The topological polar surface area (TPSA) is 54.4 Å². The van der Waals surface area contributed by atoms with E-state index in [1.165, 1.54) is 34.0 Å². The molecule has 1 fully saturated rings. The van der Waals surface area contributed by atoms with Gasteiger partial charge in [-0.2, -0.15) is 0 Å². The van der Waals surface area contributed by atoms with E-state index < -0.39 is 23.4 Å². The van der Waals surface area contributed by atoms with Gasteiger partial charge in [0.2, 0.25) is 0 Å². The normalized spacial score (nSPS) is 25.2. The molecular weight excluding hydrogens is 529 g/mol. The number of Topliss-reactive ketones (excluding diaryl/α,β-unsaturated/α-hetero) is 2. The van der Waals surface area contributed by atoms with Crippen LogP contribution in [0.5, 0.6) is 0 Å². The van der Waals surface area contributed by atoms with Gasteiger partial charge in [-0.25, -0.2) is 0 Å². The molecule has 0 spiro atoms. The average Bonchev–Trinajstić information content (AvgIpc) is 3.77. The molecule has 3 nitrogen and oxygen atoms in total. The fourth-order valence-corrected chi connectivity index (χ4v) is 8.40. The van der Waals surface area contributed by atoms with Gasteiger partial charge >= 0.3 is 0 Å². The molecule has 3 aromatic heterocycles. The van der Waals surface area contributed by atoms with E-state index in [0.29, 0.717) is 9.75 Å². The molecule has 38 heavy (non-hydrogen) atoms. The van der Waals surface area contributed by atoms with Crippen LogP contribution in [-0.2, 0) is 5.60 Å². The third-order valence-electron chi connectivity index (χ3n) is 7.70. The molecule has 6 heteroatoms. The Kier molecular flexibility index (Phi) is 6.97. The van der Waals surface area contributed by atoms with E-state index in [-0.39, 0.29) is 23.9 Å². The molecule has 1 aliphatic carbocycles. The number of hydrogen-bond acceptors (Lipinski definition) is 6. The van der Waals surface area contributed by atoms with E-state index in [2.05, 4.69) is 0 Å². The van der Waals surface area contributed by atoms with E-state index >= 15 is 0 Å². The maximum Gasteiger partial charge on any atom is 0.179 e. The SMILES string of the molecule is O=C(c1cccs1)C1C(c2ccccc2)CC(O)(c2cccs2)C(C(=O)c2cccs2)C1c1ccccc1. The Morgan fingerprint density at radius 3 is 1.76 bits per heavy atom. The summed E-state index contributed by atoms with van der Waals surface area (Å²) >= 11 is 4.28. The Balaban J connectivity index is 1.63. The van der Waals surface area contributed by atoms with Crippen LogP contribution in [0.1, 0.15) is 53.6 Å². The number of ketones is 2.